The summed E-state index contributed by atoms with van der Waals surface area (Å²) < 4.78 is 30.6. The molecule has 14 heteroatoms. The van der Waals surface area contributed by atoms with E-state index >= 15 is 0 Å². The predicted molar refractivity (Wildman–Crippen MR) is 137 cm³/mol. The van der Waals surface area contributed by atoms with E-state index in [-0.39, 0.29) is 43.5 Å². The quantitative estimate of drug-likeness (QED) is 0.322. The smallest absolute Gasteiger partial charge is 0.344 e. The third-order valence-electron chi connectivity index (χ3n) is 5.78. The van der Waals surface area contributed by atoms with E-state index in [1.807, 2.05) is 0 Å². The number of rotatable bonds is 5. The highest BCUT2D eigenvalue weighted by Crippen LogP contribution is 2.31. The zero-order valence-electron chi connectivity index (χ0n) is 20.7. The van der Waals surface area contributed by atoms with Gasteiger partial charge >= 0.3 is 23.6 Å². The van der Waals surface area contributed by atoms with Gasteiger partial charge in [-0.15, -0.1) is 0 Å². The Labute approximate surface area is 233 Å². The summed E-state index contributed by atoms with van der Waals surface area (Å²) in [5.74, 6) is -5.59. The van der Waals surface area contributed by atoms with E-state index < -0.39 is 47.1 Å². The van der Waals surface area contributed by atoms with Crippen LogP contribution in [0.3, 0.4) is 0 Å². The molecule has 0 fully saturated rings. The van der Waals surface area contributed by atoms with Gasteiger partial charge in [-0.3, -0.25) is 19.0 Å². The average molecular weight is 580 g/mol. The van der Waals surface area contributed by atoms with Crippen LogP contribution in [0.5, 0.6) is 11.6 Å². The molecule has 0 amide bonds. The molecular weight excluding hydrogens is 565 g/mol. The van der Waals surface area contributed by atoms with Crippen LogP contribution in [0.1, 0.15) is 49.8 Å². The van der Waals surface area contributed by atoms with Crippen LogP contribution in [0.15, 0.2) is 76.6 Å². The van der Waals surface area contributed by atoms with Gasteiger partial charge in [-0.25, -0.2) is 19.4 Å². The molecule has 41 heavy (non-hydrogen) atoms. The number of carbonyl (C=O) groups excluding carboxylic acids is 4. The summed E-state index contributed by atoms with van der Waals surface area (Å²) in [7, 11) is 0. The Hall–Kier alpha value is -5.43. The predicted octanol–water partition coefficient (Wildman–Crippen LogP) is 2.75. The molecule has 2 aromatic carbocycles. The summed E-state index contributed by atoms with van der Waals surface area (Å²) in [6, 6.07) is 11.9. The number of hydrogen-bond donors (Lipinski definition) is 0. The molecule has 1 aliphatic heterocycles. The molecule has 0 saturated heterocycles. The van der Waals surface area contributed by atoms with Crippen molar-refractivity contribution in [1.82, 2.24) is 14.1 Å². The highest BCUT2D eigenvalue weighted by molar-refractivity contribution is 6.32. The topological polar surface area (TPSA) is 153 Å². The van der Waals surface area contributed by atoms with Crippen LogP contribution in [0.4, 0.5) is 4.39 Å². The Bertz CT molecular complexity index is 1900. The molecule has 0 bridgehead atoms. The minimum Gasteiger partial charge on any atom is -0.433 e. The van der Waals surface area contributed by atoms with Crippen molar-refractivity contribution in [2.45, 2.75) is 13.2 Å². The largest absolute Gasteiger partial charge is 0.433 e. The van der Waals surface area contributed by atoms with Crippen molar-refractivity contribution >= 4 is 35.4 Å². The molecule has 0 spiro atoms. The summed E-state index contributed by atoms with van der Waals surface area (Å²) in [5, 5.41) is -0.0188. The zero-order chi connectivity index (χ0) is 29.4. The molecule has 1 atom stereocenters. The number of fused-ring (bicyclic) bond motifs is 1. The van der Waals surface area contributed by atoms with Crippen molar-refractivity contribution in [3.8, 4) is 11.6 Å². The SMILES string of the molecule is CC(=O)Oc1cc(OC(=O)c2cccc(C(=O)n3c(=O)c(F)cn(C4OC(=O)c5ccccc54)c3=O)c2)ncc1Cl. The lowest BCUT2D eigenvalue weighted by Gasteiger charge is -2.16. The van der Waals surface area contributed by atoms with Crippen LogP contribution in [0.25, 0.3) is 0 Å². The zero-order valence-corrected chi connectivity index (χ0v) is 21.5. The number of benzene rings is 2. The number of cyclic esters (lactones) is 1. The van der Waals surface area contributed by atoms with Crippen molar-refractivity contribution in [2.75, 3.05) is 0 Å². The lowest BCUT2D eigenvalue weighted by atomic mass is 10.1. The molecule has 0 radical (unpaired) electrons. The third kappa shape index (κ3) is 5.13. The monoisotopic (exact) mass is 579 g/mol. The third-order valence-corrected chi connectivity index (χ3v) is 6.07. The van der Waals surface area contributed by atoms with Crippen LogP contribution in [0.2, 0.25) is 5.02 Å². The highest BCUT2D eigenvalue weighted by atomic mass is 35.5. The van der Waals surface area contributed by atoms with Crippen molar-refractivity contribution in [3.63, 3.8) is 0 Å². The van der Waals surface area contributed by atoms with Gasteiger partial charge in [-0.2, -0.15) is 8.96 Å². The fourth-order valence-electron chi connectivity index (χ4n) is 3.98. The van der Waals surface area contributed by atoms with Crippen molar-refractivity contribution in [2.24, 2.45) is 0 Å². The van der Waals surface area contributed by atoms with Crippen molar-refractivity contribution < 1.29 is 37.8 Å². The van der Waals surface area contributed by atoms with E-state index in [2.05, 4.69) is 4.98 Å². The van der Waals surface area contributed by atoms with Crippen molar-refractivity contribution in [1.29, 1.82) is 0 Å². The fraction of sp³-hybridized carbons (Fsp3) is 0.0741. The van der Waals surface area contributed by atoms with Crippen LogP contribution in [0, 0.1) is 5.82 Å². The first-order valence-corrected chi connectivity index (χ1v) is 12.0. The lowest BCUT2D eigenvalue weighted by Crippen LogP contribution is -2.46. The van der Waals surface area contributed by atoms with Gasteiger partial charge in [0.1, 0.15) is 5.02 Å². The van der Waals surface area contributed by atoms with Crippen LogP contribution < -0.4 is 20.7 Å². The van der Waals surface area contributed by atoms with Gasteiger partial charge in [-0.05, 0) is 24.3 Å². The maximum Gasteiger partial charge on any atom is 0.344 e. The Balaban J connectivity index is 1.47. The number of carbonyl (C=O) groups is 4. The minimum atomic E-state index is -1.55. The Morgan fingerprint density at radius 1 is 1.00 bits per heavy atom. The Morgan fingerprint density at radius 2 is 1.73 bits per heavy atom. The minimum absolute atomic E-state index is 0.0188. The second kappa shape index (κ2) is 10.6. The first-order chi connectivity index (χ1) is 19.5. The van der Waals surface area contributed by atoms with Gasteiger partial charge in [0.05, 0.1) is 23.5 Å². The molecule has 2 aromatic heterocycles. The van der Waals surface area contributed by atoms with E-state index in [0.717, 1.165) is 25.3 Å². The second-order valence-corrected chi connectivity index (χ2v) is 8.88. The van der Waals surface area contributed by atoms with Crippen molar-refractivity contribution in [3.05, 3.63) is 121 Å². The number of esters is 3. The van der Waals surface area contributed by atoms with Crippen LogP contribution in [-0.2, 0) is 9.53 Å². The Morgan fingerprint density at radius 3 is 2.49 bits per heavy atom. The van der Waals surface area contributed by atoms with E-state index in [9.17, 15) is 33.2 Å². The maximum absolute atomic E-state index is 14.7. The van der Waals surface area contributed by atoms with Gasteiger partial charge < -0.3 is 14.2 Å². The standard InChI is InChI=1S/C27H15ClFN3O9/c1-13(33)39-20-10-21(30-11-18(20)28)40-25(36)15-6-4-5-14(9-15)22(34)32-23(35)19(29)12-31(27(32)38)24-16-7-2-3-8-17(16)26(37)41-24/h2-12,24H,1H3. The van der Waals surface area contributed by atoms with Crippen LogP contribution in [-0.4, -0.2) is 37.9 Å². The second-order valence-electron chi connectivity index (χ2n) is 8.47. The van der Waals surface area contributed by atoms with Gasteiger partial charge in [0.25, 0.3) is 11.5 Å². The van der Waals surface area contributed by atoms with Gasteiger partial charge in [0, 0.05) is 24.1 Å². The van der Waals surface area contributed by atoms with E-state index in [1.54, 1.807) is 12.1 Å². The number of halogens is 2. The summed E-state index contributed by atoms with van der Waals surface area (Å²) in [6.07, 6.45) is 0.209. The first-order valence-electron chi connectivity index (χ1n) is 11.6. The van der Waals surface area contributed by atoms with Gasteiger partial charge in [0.2, 0.25) is 17.9 Å². The maximum atomic E-state index is 14.7. The number of nitrogens with zero attached hydrogens (tertiary/aromatic N) is 3. The molecule has 1 unspecified atom stereocenters. The average Bonchev–Trinajstić information content (AvgIpc) is 3.28. The molecule has 4 aromatic rings. The highest BCUT2D eigenvalue weighted by Gasteiger charge is 2.34. The van der Waals surface area contributed by atoms with E-state index in [1.165, 1.54) is 30.3 Å². The normalized spacial score (nSPS) is 13.7. The van der Waals surface area contributed by atoms with Gasteiger partial charge in [-0.1, -0.05) is 35.9 Å². The summed E-state index contributed by atoms with van der Waals surface area (Å²) >= 11 is 5.91. The lowest BCUT2D eigenvalue weighted by molar-refractivity contribution is -0.131. The first kappa shape index (κ1) is 27.1. The van der Waals surface area contributed by atoms with E-state index in [0.29, 0.717) is 10.8 Å². The molecule has 206 valence electrons. The summed E-state index contributed by atoms with van der Waals surface area (Å²) in [5.41, 5.74) is -3.02. The summed E-state index contributed by atoms with van der Waals surface area (Å²) in [4.78, 5) is 79.1. The molecule has 0 saturated carbocycles. The number of pyridine rings is 1. The summed E-state index contributed by atoms with van der Waals surface area (Å²) in [6.45, 7) is 1.14. The van der Waals surface area contributed by atoms with E-state index in [4.69, 9.17) is 25.8 Å². The molecular formula is C27H15ClFN3O9. The molecule has 1 aliphatic rings. The number of hydrogen-bond acceptors (Lipinski definition) is 10. The Kier molecular flexibility index (Phi) is 7.03. The fourth-order valence-corrected chi connectivity index (χ4v) is 4.12. The molecule has 5 rings (SSSR count). The number of aromatic nitrogens is 3. The van der Waals surface area contributed by atoms with Gasteiger partial charge in [0.15, 0.2) is 5.75 Å². The molecule has 0 N–H and O–H groups in total. The molecule has 12 nitrogen and oxygen atoms in total. The van der Waals surface area contributed by atoms with Crippen LogP contribution >= 0.6 is 11.6 Å². The number of ether oxygens (including phenoxy) is 3. The molecule has 0 aliphatic carbocycles. The molecule has 3 heterocycles.